The number of rotatable bonds is 47. The van der Waals surface area contributed by atoms with Crippen LogP contribution in [-0.4, -0.2) is 70.1 Å². The molecule has 1 amide bonds. The van der Waals surface area contributed by atoms with Crippen molar-refractivity contribution in [2.45, 2.75) is 271 Å². The van der Waals surface area contributed by atoms with E-state index in [-0.39, 0.29) is 24.4 Å². The highest BCUT2D eigenvalue weighted by atomic mass is 16.6. The van der Waals surface area contributed by atoms with Gasteiger partial charge in [-0.25, -0.2) is 4.79 Å². The molecule has 0 fully saturated rings. The minimum absolute atomic E-state index is 0.197. The molecule has 0 spiro atoms. The van der Waals surface area contributed by atoms with Crippen molar-refractivity contribution in [3.05, 3.63) is 0 Å². The van der Waals surface area contributed by atoms with E-state index in [1.807, 2.05) is 13.8 Å². The molecule has 0 aromatic heterocycles. The van der Waals surface area contributed by atoms with Gasteiger partial charge in [-0.15, -0.1) is 0 Å². The number of carbonyl (C=O) groups is 1. The van der Waals surface area contributed by atoms with Gasteiger partial charge in [-0.3, -0.25) is 0 Å². The Labute approximate surface area is 356 Å². The summed E-state index contributed by atoms with van der Waals surface area (Å²) in [6.07, 6.45) is 43.8. The Hall–Kier alpha value is -0.890. The molecule has 342 valence electrons. The van der Waals surface area contributed by atoms with E-state index in [0.717, 1.165) is 25.9 Å². The summed E-state index contributed by atoms with van der Waals surface area (Å²) in [5, 5.41) is 2.82. The van der Waals surface area contributed by atoms with E-state index < -0.39 is 6.09 Å². The molecule has 1 unspecified atom stereocenters. The summed E-state index contributed by atoms with van der Waals surface area (Å²) in [6.45, 7) is 16.3. The van der Waals surface area contributed by atoms with E-state index in [1.165, 1.54) is 193 Å². The normalized spacial score (nSPS) is 12.5. The Morgan fingerprint density at radius 1 is 0.474 bits per heavy atom. The number of carbonyl (C=O) groups excluding carboxylic acids is 1. The molecule has 0 aliphatic carbocycles. The van der Waals surface area contributed by atoms with Gasteiger partial charge in [-0.2, -0.15) is 0 Å². The first-order valence-electron chi connectivity index (χ1n) is 25.2. The lowest BCUT2D eigenvalue weighted by Gasteiger charge is -2.25. The van der Waals surface area contributed by atoms with Crippen molar-refractivity contribution in [1.29, 1.82) is 0 Å². The van der Waals surface area contributed by atoms with Gasteiger partial charge in [0.2, 0.25) is 0 Å². The van der Waals surface area contributed by atoms with E-state index in [1.54, 1.807) is 0 Å². The van der Waals surface area contributed by atoms with E-state index in [4.69, 9.17) is 23.7 Å². The van der Waals surface area contributed by atoms with Crippen molar-refractivity contribution < 1.29 is 28.5 Å². The molecule has 0 rings (SSSR count). The molecule has 0 aromatic carbocycles. The third-order valence-electron chi connectivity index (χ3n) is 11.2. The molecule has 57 heavy (non-hydrogen) atoms. The minimum atomic E-state index is -0.437. The van der Waals surface area contributed by atoms with Crippen LogP contribution in [0.4, 0.5) is 4.79 Å². The van der Waals surface area contributed by atoms with Crippen LogP contribution in [0.15, 0.2) is 0 Å². The maximum atomic E-state index is 12.5. The fraction of sp³-hybridized carbons (Fsp3) is 0.980. The van der Waals surface area contributed by atoms with Crippen molar-refractivity contribution >= 4 is 6.09 Å². The standard InChI is InChI=1S/C50H101NO6/c1-7-9-11-13-15-17-19-21-23-25-27-29-31-33-35-37-41-53-45-48(46-56-49(52)51-40-44-57-50(5,6)39-43-54-47(3)4)55-42-38-36-34-32-30-28-26-24-22-20-18-16-14-12-10-8-2/h47-48H,7-46H2,1-6H3,(H,51,52). The van der Waals surface area contributed by atoms with Crippen LogP contribution < -0.4 is 5.32 Å². The quantitative estimate of drug-likeness (QED) is 0.0617. The second-order valence-electron chi connectivity index (χ2n) is 18.0. The number of ether oxygens (including phenoxy) is 5. The first kappa shape index (κ1) is 56.1. The van der Waals surface area contributed by atoms with Gasteiger partial charge in [0.25, 0.3) is 0 Å². The molecule has 7 heteroatoms. The van der Waals surface area contributed by atoms with Gasteiger partial charge in [0.15, 0.2) is 0 Å². The first-order chi connectivity index (χ1) is 27.8. The van der Waals surface area contributed by atoms with Crippen molar-refractivity contribution in [3.63, 3.8) is 0 Å². The summed E-state index contributed by atoms with van der Waals surface area (Å²) < 4.78 is 29.5. The van der Waals surface area contributed by atoms with Gasteiger partial charge < -0.3 is 29.0 Å². The highest BCUT2D eigenvalue weighted by Gasteiger charge is 2.19. The Morgan fingerprint density at radius 2 is 0.860 bits per heavy atom. The largest absolute Gasteiger partial charge is 0.447 e. The molecule has 7 nitrogen and oxygen atoms in total. The van der Waals surface area contributed by atoms with Crippen LogP contribution >= 0.6 is 0 Å². The van der Waals surface area contributed by atoms with Crippen LogP contribution in [0.2, 0.25) is 0 Å². The van der Waals surface area contributed by atoms with Crippen LogP contribution in [0, 0.1) is 0 Å². The van der Waals surface area contributed by atoms with Gasteiger partial charge in [0, 0.05) is 26.4 Å². The number of alkyl carbamates (subject to hydrolysis) is 1. The Bertz CT molecular complexity index is 793. The number of hydrogen-bond donors (Lipinski definition) is 1. The zero-order valence-electron chi connectivity index (χ0n) is 39.4. The van der Waals surface area contributed by atoms with Crippen LogP contribution in [0.3, 0.4) is 0 Å². The third-order valence-corrected chi connectivity index (χ3v) is 11.2. The van der Waals surface area contributed by atoms with E-state index in [9.17, 15) is 4.79 Å². The van der Waals surface area contributed by atoms with E-state index in [2.05, 4.69) is 33.0 Å². The van der Waals surface area contributed by atoms with Crippen LogP contribution in [0.1, 0.15) is 253 Å². The Kier molecular flexibility index (Phi) is 44.0. The third kappa shape index (κ3) is 46.0. The van der Waals surface area contributed by atoms with Crippen LogP contribution in [0.25, 0.3) is 0 Å². The van der Waals surface area contributed by atoms with Crippen LogP contribution in [0.5, 0.6) is 0 Å². The molecule has 0 aromatic rings. The first-order valence-corrected chi connectivity index (χ1v) is 25.2. The van der Waals surface area contributed by atoms with Gasteiger partial charge in [-0.05, 0) is 47.0 Å². The number of nitrogens with one attached hydrogen (secondary N) is 1. The second kappa shape index (κ2) is 44.7. The molecular formula is C50H101NO6. The molecule has 0 saturated carbocycles. The molecule has 0 radical (unpaired) electrons. The van der Waals surface area contributed by atoms with E-state index in [0.29, 0.717) is 33.0 Å². The monoisotopic (exact) mass is 812 g/mol. The van der Waals surface area contributed by atoms with Gasteiger partial charge in [-0.1, -0.05) is 206 Å². The zero-order chi connectivity index (χ0) is 41.8. The number of amides is 1. The van der Waals surface area contributed by atoms with E-state index >= 15 is 0 Å². The van der Waals surface area contributed by atoms with Crippen molar-refractivity contribution in [2.24, 2.45) is 0 Å². The maximum absolute atomic E-state index is 12.5. The zero-order valence-corrected chi connectivity index (χ0v) is 39.4. The molecule has 0 heterocycles. The molecule has 0 saturated heterocycles. The Morgan fingerprint density at radius 3 is 1.26 bits per heavy atom. The smallest absolute Gasteiger partial charge is 0.407 e. The van der Waals surface area contributed by atoms with Gasteiger partial charge >= 0.3 is 6.09 Å². The topological polar surface area (TPSA) is 75.3 Å². The molecular weight excluding hydrogens is 711 g/mol. The van der Waals surface area contributed by atoms with Crippen molar-refractivity contribution in [2.75, 3.05) is 46.2 Å². The summed E-state index contributed by atoms with van der Waals surface area (Å²) >= 11 is 0. The average Bonchev–Trinajstić information content (AvgIpc) is 3.18. The molecule has 0 aliphatic rings. The average molecular weight is 812 g/mol. The highest BCUT2D eigenvalue weighted by molar-refractivity contribution is 5.67. The predicted molar refractivity (Wildman–Crippen MR) is 245 cm³/mol. The summed E-state index contributed by atoms with van der Waals surface area (Å²) in [7, 11) is 0. The summed E-state index contributed by atoms with van der Waals surface area (Å²) in [4.78, 5) is 12.5. The predicted octanol–water partition coefficient (Wildman–Crippen LogP) is 15.2. The molecule has 1 N–H and O–H groups in total. The fourth-order valence-corrected chi connectivity index (χ4v) is 7.32. The summed E-state index contributed by atoms with van der Waals surface area (Å²) in [5.74, 6) is 0. The highest BCUT2D eigenvalue weighted by Crippen LogP contribution is 2.17. The van der Waals surface area contributed by atoms with Gasteiger partial charge in [0.05, 0.1) is 24.9 Å². The number of hydrogen-bond acceptors (Lipinski definition) is 6. The lowest BCUT2D eigenvalue weighted by atomic mass is 10.0. The molecule has 0 aliphatic heterocycles. The van der Waals surface area contributed by atoms with Crippen LogP contribution in [-0.2, 0) is 23.7 Å². The maximum Gasteiger partial charge on any atom is 0.407 e. The lowest BCUT2D eigenvalue weighted by Crippen LogP contribution is -2.35. The number of unbranched alkanes of at least 4 members (excludes halogenated alkanes) is 30. The van der Waals surface area contributed by atoms with Crippen molar-refractivity contribution in [1.82, 2.24) is 5.32 Å². The SMILES string of the molecule is CCCCCCCCCCCCCCCCCCOCC(COC(=O)NCCOC(C)(C)CCOC(C)C)OCCCCCCCCCCCCCCCCCC. The summed E-state index contributed by atoms with van der Waals surface area (Å²) in [6, 6.07) is 0. The lowest BCUT2D eigenvalue weighted by molar-refractivity contribution is -0.0505. The second-order valence-corrected chi connectivity index (χ2v) is 18.0. The Balaban J connectivity index is 4.16. The summed E-state index contributed by atoms with van der Waals surface area (Å²) in [5.41, 5.74) is -0.310. The fourth-order valence-electron chi connectivity index (χ4n) is 7.32. The van der Waals surface area contributed by atoms with Crippen molar-refractivity contribution in [3.8, 4) is 0 Å². The molecule has 0 bridgehead atoms. The minimum Gasteiger partial charge on any atom is -0.447 e. The molecule has 1 atom stereocenters. The van der Waals surface area contributed by atoms with Gasteiger partial charge in [0.1, 0.15) is 12.7 Å².